The van der Waals surface area contributed by atoms with E-state index in [0.717, 1.165) is 12.0 Å². The van der Waals surface area contributed by atoms with Crippen molar-refractivity contribution < 1.29 is 14.2 Å². The van der Waals surface area contributed by atoms with Crippen molar-refractivity contribution in [3.63, 3.8) is 0 Å². The summed E-state index contributed by atoms with van der Waals surface area (Å²) in [6.45, 7) is 0. The summed E-state index contributed by atoms with van der Waals surface area (Å²) in [7, 11) is 1.50. The summed E-state index contributed by atoms with van der Waals surface area (Å²) in [5, 5.41) is 40.4. The number of nitriles is 3. The number of benzene rings is 2. The van der Waals surface area contributed by atoms with Gasteiger partial charge in [0.2, 0.25) is 17.1 Å². The number of hydrogen-bond acceptors (Lipinski definition) is 7. The molecule has 0 aromatic heterocycles. The van der Waals surface area contributed by atoms with Crippen molar-refractivity contribution in [2.24, 2.45) is 16.7 Å². The third kappa shape index (κ3) is 2.72. The highest BCUT2D eigenvalue weighted by Crippen LogP contribution is 2.71. The Kier molecular flexibility index (Phi) is 5.17. The largest absolute Gasteiger partial charge is 0.496 e. The summed E-state index contributed by atoms with van der Waals surface area (Å²) in [5.41, 5.74) is -2.23. The number of nitrogens with zero attached hydrogens (tertiary/aromatic N) is 3. The van der Waals surface area contributed by atoms with Gasteiger partial charge in [-0.05, 0) is 42.5 Å². The van der Waals surface area contributed by atoms with Crippen LogP contribution in [0, 0.1) is 56.2 Å². The van der Waals surface area contributed by atoms with E-state index in [0.29, 0.717) is 28.6 Å². The first-order valence-electron chi connectivity index (χ1n) is 11.0. The molecule has 2 heterocycles. The first-order valence-corrected chi connectivity index (χ1v) is 11.8. The zero-order chi connectivity index (χ0) is 24.1. The van der Waals surface area contributed by atoms with Gasteiger partial charge in [-0.25, -0.2) is 0 Å². The lowest BCUT2D eigenvalue weighted by Crippen LogP contribution is -2.60. The molecule has 5 rings (SSSR count). The van der Waals surface area contributed by atoms with Crippen molar-refractivity contribution >= 4 is 21.8 Å². The number of halogens is 1. The van der Waals surface area contributed by atoms with Crippen LogP contribution in [-0.2, 0) is 9.47 Å². The lowest BCUT2D eigenvalue weighted by Gasteiger charge is -2.53. The maximum absolute atomic E-state index is 10.6. The van der Waals surface area contributed by atoms with E-state index in [2.05, 4.69) is 34.1 Å². The first-order chi connectivity index (χ1) is 16.4. The Labute approximate surface area is 206 Å². The summed E-state index contributed by atoms with van der Waals surface area (Å²) >= 11 is 3.45. The Morgan fingerprint density at radius 1 is 1.09 bits per heavy atom. The van der Waals surface area contributed by atoms with Crippen LogP contribution in [0.5, 0.6) is 5.75 Å². The minimum atomic E-state index is -2.02. The Morgan fingerprint density at radius 2 is 1.82 bits per heavy atom. The molecule has 0 amide bonds. The second kappa shape index (κ2) is 7.84. The first kappa shape index (κ1) is 22.4. The fourth-order valence-electron chi connectivity index (χ4n) is 6.06. The van der Waals surface area contributed by atoms with E-state index < -0.39 is 28.6 Å². The van der Waals surface area contributed by atoms with E-state index in [-0.39, 0.29) is 11.8 Å². The van der Waals surface area contributed by atoms with Crippen molar-refractivity contribution in [3.05, 3.63) is 64.1 Å². The van der Waals surface area contributed by atoms with Gasteiger partial charge in [0.05, 0.1) is 31.2 Å². The van der Waals surface area contributed by atoms with E-state index in [9.17, 15) is 15.8 Å². The highest BCUT2D eigenvalue weighted by Gasteiger charge is 2.81. The Hall–Kier alpha value is -3.38. The number of rotatable bonds is 3. The van der Waals surface area contributed by atoms with Crippen molar-refractivity contribution in [2.45, 2.75) is 37.1 Å². The molecule has 1 saturated carbocycles. The van der Waals surface area contributed by atoms with E-state index in [1.807, 2.05) is 30.3 Å². The van der Waals surface area contributed by atoms with Crippen molar-refractivity contribution in [2.75, 3.05) is 7.11 Å². The molecule has 8 heteroatoms. The molecular formula is C26H21BrN4O3. The van der Waals surface area contributed by atoms with Crippen LogP contribution in [0.15, 0.2) is 53.0 Å². The van der Waals surface area contributed by atoms with Gasteiger partial charge >= 0.3 is 0 Å². The second-order valence-electron chi connectivity index (χ2n) is 9.01. The highest BCUT2D eigenvalue weighted by molar-refractivity contribution is 9.10. The lowest BCUT2D eigenvalue weighted by atomic mass is 9.50. The van der Waals surface area contributed by atoms with Gasteiger partial charge < -0.3 is 14.2 Å². The molecule has 170 valence electrons. The summed E-state index contributed by atoms with van der Waals surface area (Å²) in [6.07, 6.45) is 0.474. The van der Waals surface area contributed by atoms with Crippen LogP contribution in [-0.4, -0.2) is 18.8 Å². The molecule has 2 aromatic rings. The summed E-state index contributed by atoms with van der Waals surface area (Å²) in [6, 6.07) is 21.7. The lowest BCUT2D eigenvalue weighted by molar-refractivity contribution is -0.296. The van der Waals surface area contributed by atoms with Gasteiger partial charge in [-0.1, -0.05) is 46.3 Å². The number of ether oxygens (including phenoxy) is 3. The molecule has 2 saturated heterocycles. The maximum Gasteiger partial charge on any atom is 0.217 e. The molecule has 3 aliphatic rings. The Bertz CT molecular complexity index is 1280. The third-order valence-electron chi connectivity index (χ3n) is 7.65. The molecule has 2 aromatic carbocycles. The zero-order valence-corrected chi connectivity index (χ0v) is 20.0. The van der Waals surface area contributed by atoms with Crippen LogP contribution in [0.2, 0.25) is 0 Å². The van der Waals surface area contributed by atoms with Crippen molar-refractivity contribution in [3.8, 4) is 24.0 Å². The van der Waals surface area contributed by atoms with E-state index in [1.54, 1.807) is 18.2 Å². The standard InChI is InChI=1S/C26H21BrN4O3/c1-32-20-8-7-18(27)12-19(20)22-24(13-28,14-29)25(15-30)21-11-17(16-5-3-2-4-6-16)9-10-26(21,33-22)34-23(25)31/h2-8,12,17,21-22,31H,9-11H2,1H3. The van der Waals surface area contributed by atoms with Crippen LogP contribution in [0.25, 0.3) is 0 Å². The molecule has 5 unspecified atom stereocenters. The van der Waals surface area contributed by atoms with E-state index in [1.165, 1.54) is 7.11 Å². The van der Waals surface area contributed by atoms with Gasteiger partial charge in [-0.15, -0.1) is 0 Å². The maximum atomic E-state index is 10.6. The zero-order valence-electron chi connectivity index (χ0n) is 18.4. The number of hydrogen-bond donors (Lipinski definition) is 1. The van der Waals surface area contributed by atoms with Gasteiger partial charge in [0, 0.05) is 16.5 Å². The average Bonchev–Trinajstić information content (AvgIpc) is 3.07. The molecule has 34 heavy (non-hydrogen) atoms. The average molecular weight is 517 g/mol. The van der Waals surface area contributed by atoms with Crippen LogP contribution in [0.3, 0.4) is 0 Å². The van der Waals surface area contributed by atoms with Gasteiger partial charge in [0.15, 0.2) is 5.41 Å². The van der Waals surface area contributed by atoms with Crippen molar-refractivity contribution in [1.82, 2.24) is 0 Å². The molecule has 7 nitrogen and oxygen atoms in total. The topological polar surface area (TPSA) is 123 Å². The summed E-state index contributed by atoms with van der Waals surface area (Å²) in [5.74, 6) is -1.77. The molecule has 1 N–H and O–H groups in total. The minimum absolute atomic E-state index is 0.0946. The number of nitrogens with one attached hydrogen (secondary N) is 1. The van der Waals surface area contributed by atoms with Crippen LogP contribution in [0.4, 0.5) is 0 Å². The number of methoxy groups -OCH3 is 1. The molecule has 1 aliphatic carbocycles. The smallest absolute Gasteiger partial charge is 0.217 e. The SMILES string of the molecule is COc1ccc(Br)cc1C1OC23CCC(c4ccccc4)CC2C(C#N)(C(=N)O3)C1(C#N)C#N. The highest BCUT2D eigenvalue weighted by atomic mass is 79.9. The van der Waals surface area contributed by atoms with Crippen LogP contribution >= 0.6 is 15.9 Å². The summed E-state index contributed by atoms with van der Waals surface area (Å²) < 4.78 is 18.9. The Morgan fingerprint density at radius 3 is 2.47 bits per heavy atom. The fraction of sp³-hybridized carbons (Fsp3) is 0.385. The Balaban J connectivity index is 1.71. The molecular weight excluding hydrogens is 496 g/mol. The summed E-state index contributed by atoms with van der Waals surface area (Å²) in [4.78, 5) is 0. The van der Waals surface area contributed by atoms with Gasteiger partial charge in [-0.3, -0.25) is 5.41 Å². The normalized spacial score (nSPS) is 32.9. The van der Waals surface area contributed by atoms with Crippen molar-refractivity contribution in [1.29, 1.82) is 21.2 Å². The van der Waals surface area contributed by atoms with Gasteiger partial charge in [0.1, 0.15) is 11.9 Å². The third-order valence-corrected chi connectivity index (χ3v) is 8.15. The predicted octanol–water partition coefficient (Wildman–Crippen LogP) is 5.36. The molecule has 0 spiro atoms. The van der Waals surface area contributed by atoms with Gasteiger partial charge in [0.25, 0.3) is 0 Å². The van der Waals surface area contributed by atoms with Crippen LogP contribution in [0.1, 0.15) is 42.4 Å². The van der Waals surface area contributed by atoms with Gasteiger partial charge in [-0.2, -0.15) is 15.8 Å². The molecule has 0 radical (unpaired) electrons. The fourth-order valence-corrected chi connectivity index (χ4v) is 6.43. The van der Waals surface area contributed by atoms with Crippen LogP contribution < -0.4 is 4.74 Å². The molecule has 2 bridgehead atoms. The van der Waals surface area contributed by atoms with E-state index in [4.69, 9.17) is 19.6 Å². The molecule has 2 aliphatic heterocycles. The molecule has 5 atom stereocenters. The monoisotopic (exact) mass is 516 g/mol. The van der Waals surface area contributed by atoms with E-state index >= 15 is 0 Å². The molecule has 3 fully saturated rings. The minimum Gasteiger partial charge on any atom is -0.496 e. The quantitative estimate of drug-likeness (QED) is 0.585. The second-order valence-corrected chi connectivity index (χ2v) is 9.93. The predicted molar refractivity (Wildman–Crippen MR) is 124 cm³/mol.